The molecule has 0 bridgehead atoms. The molecule has 0 atom stereocenters. The highest BCUT2D eigenvalue weighted by Crippen LogP contribution is 2.14. The van der Waals surface area contributed by atoms with E-state index in [4.69, 9.17) is 4.74 Å². The van der Waals surface area contributed by atoms with Crippen LogP contribution in [-0.4, -0.2) is 75.3 Å². The summed E-state index contributed by atoms with van der Waals surface area (Å²) in [6.45, 7) is 13.8. The van der Waals surface area contributed by atoms with Crippen LogP contribution in [0, 0.1) is 5.92 Å². The number of carbonyl (C=O) groups is 1. The zero-order valence-corrected chi connectivity index (χ0v) is 15.2. The Balaban J connectivity index is 2.29. The first-order valence-corrected chi connectivity index (χ1v) is 8.42. The average molecular weight is 327 g/mol. The Morgan fingerprint density at radius 1 is 1.17 bits per heavy atom. The molecule has 0 aliphatic carbocycles. The van der Waals surface area contributed by atoms with Gasteiger partial charge in [-0.1, -0.05) is 13.8 Å². The quantitative estimate of drug-likeness (QED) is 0.349. The van der Waals surface area contributed by atoms with Crippen LogP contribution in [0.1, 0.15) is 27.7 Å². The monoisotopic (exact) mass is 327 g/mol. The number of guanidine groups is 1. The molecule has 1 fully saturated rings. The van der Waals surface area contributed by atoms with Crippen LogP contribution < -0.4 is 16.0 Å². The summed E-state index contributed by atoms with van der Waals surface area (Å²) >= 11 is 0. The number of ether oxygens (including phenoxy) is 1. The highest BCUT2D eigenvalue weighted by atomic mass is 16.5. The maximum Gasteiger partial charge on any atom is 0.222 e. The Morgan fingerprint density at radius 3 is 2.35 bits per heavy atom. The van der Waals surface area contributed by atoms with Crippen molar-refractivity contribution in [3.63, 3.8) is 0 Å². The van der Waals surface area contributed by atoms with Crippen molar-refractivity contribution < 1.29 is 9.53 Å². The molecule has 134 valence electrons. The highest BCUT2D eigenvalue weighted by molar-refractivity contribution is 5.80. The van der Waals surface area contributed by atoms with Crippen molar-refractivity contribution in [1.29, 1.82) is 0 Å². The topological polar surface area (TPSA) is 78.0 Å². The molecule has 0 spiro atoms. The molecule has 3 N–H and O–H groups in total. The first-order valence-electron chi connectivity index (χ1n) is 8.42. The van der Waals surface area contributed by atoms with Crippen molar-refractivity contribution in [2.24, 2.45) is 10.9 Å². The fourth-order valence-electron chi connectivity index (χ4n) is 2.37. The predicted molar refractivity (Wildman–Crippen MR) is 93.7 cm³/mol. The molecule has 0 aromatic heterocycles. The number of nitrogens with zero attached hydrogens (tertiary/aromatic N) is 2. The maximum atomic E-state index is 11.5. The molecule has 1 rings (SSSR count). The number of rotatable bonds is 7. The van der Waals surface area contributed by atoms with E-state index in [9.17, 15) is 4.79 Å². The molecule has 0 aromatic carbocycles. The van der Waals surface area contributed by atoms with Crippen LogP contribution >= 0.6 is 0 Å². The largest absolute Gasteiger partial charge is 0.379 e. The zero-order chi connectivity index (χ0) is 17.3. The normalized spacial score (nSPS) is 17.2. The van der Waals surface area contributed by atoms with Gasteiger partial charge in [-0.2, -0.15) is 0 Å². The lowest BCUT2D eigenvalue weighted by Gasteiger charge is -2.41. The summed E-state index contributed by atoms with van der Waals surface area (Å²) < 4.78 is 5.41. The van der Waals surface area contributed by atoms with Gasteiger partial charge in [0.1, 0.15) is 0 Å². The molecule has 0 radical (unpaired) electrons. The van der Waals surface area contributed by atoms with E-state index >= 15 is 0 Å². The average Bonchev–Trinajstić information content (AvgIpc) is 2.54. The van der Waals surface area contributed by atoms with Crippen LogP contribution in [0.5, 0.6) is 0 Å². The molecule has 23 heavy (non-hydrogen) atoms. The second kappa shape index (κ2) is 9.72. The third-order valence-electron chi connectivity index (χ3n) is 4.02. The molecule has 1 saturated heterocycles. The maximum absolute atomic E-state index is 11.5. The van der Waals surface area contributed by atoms with E-state index in [1.807, 2.05) is 13.8 Å². The summed E-state index contributed by atoms with van der Waals surface area (Å²) in [7, 11) is 1.75. The minimum Gasteiger partial charge on any atom is -0.379 e. The first kappa shape index (κ1) is 19.7. The van der Waals surface area contributed by atoms with Crippen LogP contribution in [0.4, 0.5) is 0 Å². The lowest BCUT2D eigenvalue weighted by atomic mass is 10.0. The number of aliphatic imine (C=N–C) groups is 1. The summed E-state index contributed by atoms with van der Waals surface area (Å²) in [4.78, 5) is 18.1. The van der Waals surface area contributed by atoms with Gasteiger partial charge in [0, 0.05) is 51.2 Å². The van der Waals surface area contributed by atoms with Crippen molar-refractivity contribution in [2.45, 2.75) is 33.2 Å². The smallest absolute Gasteiger partial charge is 0.222 e. The summed E-state index contributed by atoms with van der Waals surface area (Å²) in [5.74, 6) is 0.843. The SMILES string of the molecule is CN=C(NCCNC(=O)C(C)C)NCC(C)(C)N1CCOCC1. The summed E-state index contributed by atoms with van der Waals surface area (Å²) in [5, 5.41) is 9.46. The van der Waals surface area contributed by atoms with E-state index in [-0.39, 0.29) is 17.4 Å². The lowest BCUT2D eigenvalue weighted by molar-refractivity contribution is -0.123. The summed E-state index contributed by atoms with van der Waals surface area (Å²) in [6.07, 6.45) is 0. The third kappa shape index (κ3) is 7.18. The van der Waals surface area contributed by atoms with Crippen LogP contribution in [-0.2, 0) is 9.53 Å². The Bertz CT molecular complexity index is 390. The van der Waals surface area contributed by atoms with E-state index < -0.39 is 0 Å². The molecular formula is C16H33N5O2. The van der Waals surface area contributed by atoms with Gasteiger partial charge < -0.3 is 20.7 Å². The van der Waals surface area contributed by atoms with Crippen molar-refractivity contribution >= 4 is 11.9 Å². The van der Waals surface area contributed by atoms with Crippen LogP contribution in [0.25, 0.3) is 0 Å². The molecule has 7 nitrogen and oxygen atoms in total. The van der Waals surface area contributed by atoms with Gasteiger partial charge in [-0.05, 0) is 13.8 Å². The van der Waals surface area contributed by atoms with Gasteiger partial charge in [-0.25, -0.2) is 0 Å². The number of amides is 1. The van der Waals surface area contributed by atoms with Gasteiger partial charge in [0.15, 0.2) is 5.96 Å². The highest BCUT2D eigenvalue weighted by Gasteiger charge is 2.28. The fourth-order valence-corrected chi connectivity index (χ4v) is 2.37. The van der Waals surface area contributed by atoms with Crippen molar-refractivity contribution in [3.05, 3.63) is 0 Å². The molecule has 1 amide bonds. The molecule has 0 saturated carbocycles. The number of hydrogen-bond acceptors (Lipinski definition) is 4. The second-order valence-corrected chi connectivity index (χ2v) is 6.71. The molecule has 0 aromatic rings. The van der Waals surface area contributed by atoms with E-state index in [0.29, 0.717) is 13.1 Å². The fraction of sp³-hybridized carbons (Fsp3) is 0.875. The van der Waals surface area contributed by atoms with Gasteiger partial charge in [0.2, 0.25) is 5.91 Å². The van der Waals surface area contributed by atoms with Crippen LogP contribution in [0.3, 0.4) is 0 Å². The number of hydrogen-bond donors (Lipinski definition) is 3. The van der Waals surface area contributed by atoms with Crippen LogP contribution in [0.15, 0.2) is 4.99 Å². The number of nitrogens with one attached hydrogen (secondary N) is 3. The van der Waals surface area contributed by atoms with Crippen molar-refractivity contribution in [3.8, 4) is 0 Å². The first-order chi connectivity index (χ1) is 10.9. The van der Waals surface area contributed by atoms with Gasteiger partial charge in [-0.3, -0.25) is 14.7 Å². The van der Waals surface area contributed by atoms with E-state index in [2.05, 4.69) is 39.7 Å². The van der Waals surface area contributed by atoms with Crippen LogP contribution in [0.2, 0.25) is 0 Å². The molecule has 1 aliphatic rings. The standard InChI is InChI=1S/C16H33N5O2/c1-13(2)14(22)18-6-7-19-15(17-5)20-12-16(3,4)21-8-10-23-11-9-21/h13H,6-12H2,1-5H3,(H,18,22)(H2,17,19,20). The van der Waals surface area contributed by atoms with Gasteiger partial charge in [-0.15, -0.1) is 0 Å². The zero-order valence-electron chi connectivity index (χ0n) is 15.2. The molecule has 7 heteroatoms. The number of morpholine rings is 1. The van der Waals surface area contributed by atoms with Gasteiger partial charge in [0.25, 0.3) is 0 Å². The van der Waals surface area contributed by atoms with E-state index in [1.54, 1.807) is 7.05 Å². The lowest BCUT2D eigenvalue weighted by Crippen LogP contribution is -2.56. The Morgan fingerprint density at radius 2 is 1.78 bits per heavy atom. The Hall–Kier alpha value is -1.34. The minimum atomic E-state index is 0.0155. The van der Waals surface area contributed by atoms with E-state index in [1.165, 1.54) is 0 Å². The van der Waals surface area contributed by atoms with Gasteiger partial charge in [0.05, 0.1) is 13.2 Å². The predicted octanol–water partition coefficient (Wildman–Crippen LogP) is 0.0344. The van der Waals surface area contributed by atoms with Crippen molar-refractivity contribution in [1.82, 2.24) is 20.9 Å². The number of carbonyl (C=O) groups excluding carboxylic acids is 1. The van der Waals surface area contributed by atoms with E-state index in [0.717, 1.165) is 38.8 Å². The molecular weight excluding hydrogens is 294 g/mol. The Labute approximate surface area is 140 Å². The third-order valence-corrected chi connectivity index (χ3v) is 4.02. The summed E-state index contributed by atoms with van der Waals surface area (Å²) in [6, 6.07) is 0. The van der Waals surface area contributed by atoms with Crippen molar-refractivity contribution in [2.75, 3.05) is 53.0 Å². The molecule has 1 aliphatic heterocycles. The Kier molecular flexibility index (Phi) is 8.33. The summed E-state index contributed by atoms with van der Waals surface area (Å²) in [5.41, 5.74) is 0.0350. The molecule has 0 unspecified atom stereocenters. The van der Waals surface area contributed by atoms with Gasteiger partial charge >= 0.3 is 0 Å². The molecule has 1 heterocycles. The second-order valence-electron chi connectivity index (χ2n) is 6.71. The minimum absolute atomic E-state index is 0.0155.